The Labute approximate surface area is 176 Å². The van der Waals surface area contributed by atoms with Gasteiger partial charge in [-0.2, -0.15) is 10.1 Å². The lowest BCUT2D eigenvalue weighted by atomic mass is 10.1. The van der Waals surface area contributed by atoms with Crippen molar-refractivity contribution in [3.63, 3.8) is 0 Å². The van der Waals surface area contributed by atoms with Crippen molar-refractivity contribution in [2.75, 3.05) is 23.5 Å². The van der Waals surface area contributed by atoms with E-state index >= 15 is 0 Å². The standard InChI is InChI=1S/C21H19FN4O5/c1-2-23-18(28)12-31-16-5-3-4-14(10-16)24-21(30)20-17(27)11-19(29)26(25-20)15-8-6-13(22)7-9-15/h3-10H,2,11-12H2,1H3,(H,23,28)(H,24,30). The molecule has 3 rings (SSSR count). The third-order valence-electron chi connectivity index (χ3n) is 4.13. The number of anilines is 2. The topological polar surface area (TPSA) is 117 Å². The van der Waals surface area contributed by atoms with Crippen LogP contribution in [-0.4, -0.2) is 42.4 Å². The van der Waals surface area contributed by atoms with Crippen LogP contribution in [0.25, 0.3) is 0 Å². The molecule has 0 bridgehead atoms. The molecule has 1 heterocycles. The zero-order valence-corrected chi connectivity index (χ0v) is 16.6. The largest absolute Gasteiger partial charge is 0.484 e. The molecule has 0 spiro atoms. The van der Waals surface area contributed by atoms with Crippen LogP contribution in [0.1, 0.15) is 13.3 Å². The highest BCUT2D eigenvalue weighted by molar-refractivity contribution is 6.69. The van der Waals surface area contributed by atoms with Gasteiger partial charge in [0.1, 0.15) is 11.6 Å². The van der Waals surface area contributed by atoms with E-state index in [1.165, 1.54) is 18.2 Å². The van der Waals surface area contributed by atoms with Gasteiger partial charge in [-0.25, -0.2) is 4.39 Å². The first-order valence-corrected chi connectivity index (χ1v) is 9.38. The highest BCUT2D eigenvalue weighted by Gasteiger charge is 2.32. The van der Waals surface area contributed by atoms with Gasteiger partial charge in [0.05, 0.1) is 12.1 Å². The molecule has 1 aliphatic heterocycles. The van der Waals surface area contributed by atoms with Gasteiger partial charge in [-0.05, 0) is 43.3 Å². The van der Waals surface area contributed by atoms with Crippen molar-refractivity contribution in [3.8, 4) is 5.75 Å². The van der Waals surface area contributed by atoms with Crippen LogP contribution < -0.4 is 20.4 Å². The first kappa shape index (κ1) is 21.6. The Kier molecular flexibility index (Phi) is 6.71. The van der Waals surface area contributed by atoms with Crippen LogP contribution in [0.15, 0.2) is 53.6 Å². The Bertz CT molecular complexity index is 1050. The molecule has 0 fully saturated rings. The second kappa shape index (κ2) is 9.61. The average molecular weight is 426 g/mol. The van der Waals surface area contributed by atoms with Crippen molar-refractivity contribution in [3.05, 3.63) is 54.3 Å². The van der Waals surface area contributed by atoms with Crippen molar-refractivity contribution < 1.29 is 28.3 Å². The van der Waals surface area contributed by atoms with Crippen molar-refractivity contribution in [1.82, 2.24) is 5.32 Å². The number of rotatable bonds is 7. The monoisotopic (exact) mass is 426 g/mol. The second-order valence-corrected chi connectivity index (χ2v) is 6.45. The molecule has 9 nitrogen and oxygen atoms in total. The molecule has 0 atom stereocenters. The number of Topliss-reactive ketones (excluding diaryl/α,β-unsaturated/α-hetero) is 1. The minimum Gasteiger partial charge on any atom is -0.484 e. The first-order chi connectivity index (χ1) is 14.9. The minimum atomic E-state index is -0.814. The Morgan fingerprint density at radius 3 is 2.61 bits per heavy atom. The predicted octanol–water partition coefficient (Wildman–Crippen LogP) is 1.64. The van der Waals surface area contributed by atoms with E-state index in [-0.39, 0.29) is 18.2 Å². The first-order valence-electron chi connectivity index (χ1n) is 9.38. The maximum atomic E-state index is 13.1. The van der Waals surface area contributed by atoms with Crippen LogP contribution in [0.2, 0.25) is 0 Å². The molecule has 0 radical (unpaired) electrons. The molecule has 0 aromatic heterocycles. The summed E-state index contributed by atoms with van der Waals surface area (Å²) >= 11 is 0. The lowest BCUT2D eigenvalue weighted by Gasteiger charge is -2.22. The van der Waals surface area contributed by atoms with E-state index in [2.05, 4.69) is 15.7 Å². The number of amides is 3. The molecule has 1 aliphatic rings. The number of benzene rings is 2. The quantitative estimate of drug-likeness (QED) is 0.653. The number of nitrogens with zero attached hydrogens (tertiary/aromatic N) is 2. The molecule has 0 saturated heterocycles. The number of ketones is 1. The fourth-order valence-corrected chi connectivity index (χ4v) is 2.71. The van der Waals surface area contributed by atoms with Crippen LogP contribution in [0.4, 0.5) is 15.8 Å². The van der Waals surface area contributed by atoms with Gasteiger partial charge in [0, 0.05) is 18.3 Å². The summed E-state index contributed by atoms with van der Waals surface area (Å²) in [4.78, 5) is 48.5. The highest BCUT2D eigenvalue weighted by atomic mass is 19.1. The number of carbonyl (C=O) groups excluding carboxylic acids is 4. The summed E-state index contributed by atoms with van der Waals surface area (Å²) < 4.78 is 18.5. The predicted molar refractivity (Wildman–Crippen MR) is 110 cm³/mol. The van der Waals surface area contributed by atoms with Gasteiger partial charge >= 0.3 is 0 Å². The number of likely N-dealkylation sites (N-methyl/N-ethyl adjacent to an activating group) is 1. The Morgan fingerprint density at radius 2 is 1.90 bits per heavy atom. The third kappa shape index (κ3) is 5.50. The minimum absolute atomic E-state index is 0.189. The summed E-state index contributed by atoms with van der Waals surface area (Å²) in [5.41, 5.74) is 0.0710. The zero-order chi connectivity index (χ0) is 22.4. The number of hydrogen-bond acceptors (Lipinski definition) is 6. The van der Waals surface area contributed by atoms with E-state index in [1.807, 2.05) is 0 Å². The third-order valence-corrected chi connectivity index (χ3v) is 4.13. The van der Waals surface area contributed by atoms with Gasteiger partial charge in [0.2, 0.25) is 0 Å². The number of carbonyl (C=O) groups is 4. The molecule has 0 saturated carbocycles. The molecule has 10 heteroatoms. The summed E-state index contributed by atoms with van der Waals surface area (Å²) in [5, 5.41) is 9.88. The molecule has 31 heavy (non-hydrogen) atoms. The molecule has 2 N–H and O–H groups in total. The van der Waals surface area contributed by atoms with Crippen molar-refractivity contribution in [2.24, 2.45) is 5.10 Å². The molecule has 3 amide bonds. The van der Waals surface area contributed by atoms with E-state index in [4.69, 9.17) is 4.74 Å². The van der Waals surface area contributed by atoms with Crippen LogP contribution >= 0.6 is 0 Å². The lowest BCUT2D eigenvalue weighted by Crippen LogP contribution is -2.42. The maximum absolute atomic E-state index is 13.1. The fraction of sp³-hybridized carbons (Fsp3) is 0.190. The zero-order valence-electron chi connectivity index (χ0n) is 16.6. The normalized spacial score (nSPS) is 13.5. The molecule has 0 aliphatic carbocycles. The van der Waals surface area contributed by atoms with Crippen LogP contribution in [0, 0.1) is 5.82 Å². The second-order valence-electron chi connectivity index (χ2n) is 6.45. The van der Waals surface area contributed by atoms with Gasteiger partial charge < -0.3 is 15.4 Å². The molecule has 0 unspecified atom stereocenters. The van der Waals surface area contributed by atoms with Gasteiger partial charge in [0.15, 0.2) is 18.1 Å². The number of halogens is 1. The van der Waals surface area contributed by atoms with Crippen molar-refractivity contribution in [1.29, 1.82) is 0 Å². The van der Waals surface area contributed by atoms with Crippen LogP contribution in [0.5, 0.6) is 5.75 Å². The summed E-state index contributed by atoms with van der Waals surface area (Å²) in [6, 6.07) is 11.2. The average Bonchev–Trinajstić information content (AvgIpc) is 2.73. The van der Waals surface area contributed by atoms with E-state index in [9.17, 15) is 23.6 Å². The number of ether oxygens (including phenoxy) is 1. The van der Waals surface area contributed by atoms with Gasteiger partial charge in [-0.15, -0.1) is 0 Å². The summed E-state index contributed by atoms with van der Waals surface area (Å²) in [7, 11) is 0. The van der Waals surface area contributed by atoms with E-state index in [0.717, 1.165) is 17.1 Å². The molecule has 2 aromatic rings. The number of hydrogen-bond donors (Lipinski definition) is 2. The van der Waals surface area contributed by atoms with Crippen molar-refractivity contribution in [2.45, 2.75) is 13.3 Å². The molecular weight excluding hydrogens is 407 g/mol. The fourth-order valence-electron chi connectivity index (χ4n) is 2.71. The Hall–Kier alpha value is -4.08. The van der Waals surface area contributed by atoms with Crippen LogP contribution in [0.3, 0.4) is 0 Å². The Morgan fingerprint density at radius 1 is 1.16 bits per heavy atom. The maximum Gasteiger partial charge on any atom is 0.279 e. The van der Waals surface area contributed by atoms with E-state index < -0.39 is 35.5 Å². The lowest BCUT2D eigenvalue weighted by molar-refractivity contribution is -0.125. The van der Waals surface area contributed by atoms with Gasteiger partial charge in [0.25, 0.3) is 17.7 Å². The summed E-state index contributed by atoms with van der Waals surface area (Å²) in [6.07, 6.45) is -0.542. The molecular formula is C21H19FN4O5. The number of nitrogens with one attached hydrogen (secondary N) is 2. The van der Waals surface area contributed by atoms with Crippen molar-refractivity contribution >= 4 is 40.6 Å². The van der Waals surface area contributed by atoms with E-state index in [0.29, 0.717) is 18.0 Å². The highest BCUT2D eigenvalue weighted by Crippen LogP contribution is 2.21. The van der Waals surface area contributed by atoms with Gasteiger partial charge in [-0.3, -0.25) is 19.2 Å². The Balaban J connectivity index is 1.74. The molecule has 2 aromatic carbocycles. The number of hydrazone groups is 1. The summed E-state index contributed by atoms with van der Waals surface area (Å²) in [6.45, 7) is 2.07. The van der Waals surface area contributed by atoms with Crippen LogP contribution in [-0.2, 0) is 19.2 Å². The van der Waals surface area contributed by atoms with Gasteiger partial charge in [-0.1, -0.05) is 6.07 Å². The smallest absolute Gasteiger partial charge is 0.279 e. The summed E-state index contributed by atoms with van der Waals surface area (Å²) in [5.74, 6) is -2.63. The molecule has 160 valence electrons. The van der Waals surface area contributed by atoms with E-state index in [1.54, 1.807) is 25.1 Å². The SMILES string of the molecule is CCNC(=O)COc1cccc(NC(=O)C2=NN(c3ccc(F)cc3)C(=O)CC2=O)c1.